The molecular formula is C13H19N5O6S. The van der Waals surface area contributed by atoms with E-state index < -0.39 is 28.5 Å². The normalized spacial score (nSPS) is 32.6. The van der Waals surface area contributed by atoms with Gasteiger partial charge in [0.05, 0.1) is 6.04 Å². The van der Waals surface area contributed by atoms with Crippen LogP contribution in [-0.4, -0.2) is 57.8 Å². The van der Waals surface area contributed by atoms with Crippen molar-refractivity contribution in [2.24, 2.45) is 5.73 Å². The number of carbonyl (C=O) groups is 1. The summed E-state index contributed by atoms with van der Waals surface area (Å²) in [6.45, 7) is 0.269. The van der Waals surface area contributed by atoms with Crippen LogP contribution in [-0.2, 0) is 14.7 Å². The number of fused-ring (bicyclic) bond motifs is 2. The Bertz CT molecular complexity index is 782. The van der Waals surface area contributed by atoms with Gasteiger partial charge in [-0.2, -0.15) is 13.5 Å². The van der Waals surface area contributed by atoms with Crippen molar-refractivity contribution in [3.05, 3.63) is 11.8 Å². The number of amides is 2. The predicted octanol–water partition coefficient (Wildman–Crippen LogP) is 0.340. The van der Waals surface area contributed by atoms with Gasteiger partial charge < -0.3 is 15.1 Å². The first-order valence-corrected chi connectivity index (χ1v) is 9.54. The zero-order chi connectivity index (χ0) is 17.8. The Balaban J connectivity index is 1.51. The molecule has 3 heterocycles. The summed E-state index contributed by atoms with van der Waals surface area (Å²) >= 11 is 0. The van der Waals surface area contributed by atoms with Crippen LogP contribution in [0.25, 0.3) is 0 Å². The molecule has 4 atom stereocenters. The lowest BCUT2D eigenvalue weighted by Crippen LogP contribution is -2.35. The van der Waals surface area contributed by atoms with Crippen molar-refractivity contribution in [2.45, 2.75) is 56.1 Å². The number of urea groups is 1. The molecule has 3 N–H and O–H groups in total. The Morgan fingerprint density at radius 2 is 1.96 bits per heavy atom. The fourth-order valence-corrected chi connectivity index (χ4v) is 4.26. The van der Waals surface area contributed by atoms with Gasteiger partial charge in [-0.05, 0) is 32.1 Å². The largest absolute Gasteiger partial charge is 0.423 e. The van der Waals surface area contributed by atoms with Gasteiger partial charge in [0.15, 0.2) is 0 Å². The lowest BCUT2D eigenvalue weighted by molar-refractivity contribution is -0.0317. The molecule has 11 nitrogen and oxygen atoms in total. The zero-order valence-corrected chi connectivity index (χ0v) is 14.1. The quantitative estimate of drug-likeness (QED) is 0.711. The molecule has 25 heavy (non-hydrogen) atoms. The van der Waals surface area contributed by atoms with Gasteiger partial charge in [0.2, 0.25) is 11.8 Å². The average molecular weight is 373 g/mol. The molecule has 138 valence electrons. The second-order valence-corrected chi connectivity index (χ2v) is 7.76. The van der Waals surface area contributed by atoms with Crippen molar-refractivity contribution in [3.8, 4) is 0 Å². The number of nitrogens with two attached hydrogens (primary N) is 1. The third-order valence-electron chi connectivity index (χ3n) is 5.06. The summed E-state index contributed by atoms with van der Waals surface area (Å²) in [6, 6.07) is -1.38. The van der Waals surface area contributed by atoms with E-state index in [2.05, 4.69) is 14.5 Å². The minimum atomic E-state index is -4.76. The Morgan fingerprint density at radius 1 is 1.20 bits per heavy atom. The molecule has 4 rings (SSSR count). The molecule has 1 aromatic heterocycles. The summed E-state index contributed by atoms with van der Waals surface area (Å²) in [5.41, 5.74) is 5.91. The molecule has 1 aliphatic carbocycles. The maximum Gasteiger partial charge on any atom is 0.418 e. The highest BCUT2D eigenvalue weighted by molar-refractivity contribution is 7.80. The second kappa shape index (κ2) is 5.90. The van der Waals surface area contributed by atoms with Crippen LogP contribution in [0.4, 0.5) is 4.79 Å². The van der Waals surface area contributed by atoms with E-state index in [1.54, 1.807) is 0 Å². The van der Waals surface area contributed by atoms with Gasteiger partial charge >= 0.3 is 16.4 Å². The molecule has 0 spiro atoms. The van der Waals surface area contributed by atoms with Crippen molar-refractivity contribution in [3.63, 3.8) is 0 Å². The summed E-state index contributed by atoms with van der Waals surface area (Å²) in [5, 5.41) is 8.88. The lowest BCUT2D eigenvalue weighted by atomic mass is 10.0. The molecule has 12 heteroatoms. The average Bonchev–Trinajstić information content (AvgIpc) is 3.23. The first-order valence-electron chi connectivity index (χ1n) is 8.17. The Kier molecular flexibility index (Phi) is 3.94. The topological polar surface area (TPSA) is 152 Å². The maximum atomic E-state index is 12.4. The molecule has 1 saturated carbocycles. The minimum Gasteiger partial charge on any atom is -0.423 e. The lowest BCUT2D eigenvalue weighted by Gasteiger charge is -2.27. The summed E-state index contributed by atoms with van der Waals surface area (Å²) in [4.78, 5) is 13.8. The second-order valence-electron chi connectivity index (χ2n) is 6.76. The predicted molar refractivity (Wildman–Crippen MR) is 81.2 cm³/mol. The fraction of sp³-hybridized carbons (Fsp3) is 0.769. The first kappa shape index (κ1) is 16.7. The minimum absolute atomic E-state index is 0.140. The van der Waals surface area contributed by atoms with Crippen molar-refractivity contribution in [1.82, 2.24) is 20.2 Å². The molecule has 2 aliphatic heterocycles. The van der Waals surface area contributed by atoms with E-state index in [0.717, 1.165) is 19.3 Å². The number of carbonyl (C=O) groups excluding carboxylic acids is 1. The highest BCUT2D eigenvalue weighted by atomic mass is 32.3. The monoisotopic (exact) mass is 373 g/mol. The van der Waals surface area contributed by atoms with Crippen LogP contribution in [0.15, 0.2) is 4.42 Å². The van der Waals surface area contributed by atoms with E-state index in [-0.39, 0.29) is 18.5 Å². The number of piperidine rings is 1. The smallest absolute Gasteiger partial charge is 0.418 e. The van der Waals surface area contributed by atoms with Gasteiger partial charge in [-0.25, -0.2) is 4.79 Å². The van der Waals surface area contributed by atoms with Gasteiger partial charge in [0.25, 0.3) is 0 Å². The van der Waals surface area contributed by atoms with Crippen LogP contribution in [0, 0.1) is 0 Å². The molecule has 1 unspecified atom stereocenters. The zero-order valence-electron chi connectivity index (χ0n) is 13.3. The molecule has 0 radical (unpaired) electrons. The van der Waals surface area contributed by atoms with E-state index in [1.165, 1.54) is 4.90 Å². The summed E-state index contributed by atoms with van der Waals surface area (Å²) in [5.74, 6) is 1.000. The highest BCUT2D eigenvalue weighted by Gasteiger charge is 2.49. The van der Waals surface area contributed by atoms with E-state index in [4.69, 9.17) is 14.7 Å². The molecule has 0 aromatic carbocycles. The molecule has 2 amide bonds. The van der Waals surface area contributed by atoms with Crippen molar-refractivity contribution in [1.29, 1.82) is 0 Å². The Hall–Kier alpha value is -1.76. The van der Waals surface area contributed by atoms with Crippen LogP contribution >= 0.6 is 0 Å². The Labute approximate surface area is 144 Å². The van der Waals surface area contributed by atoms with Crippen molar-refractivity contribution >= 4 is 16.4 Å². The standard InChI is InChI=1S/C13H19N5O6S/c14-8-2-1-7(5-8)11-15-16-12(23-11)10-4-3-9-6-17(10)13(19)18(9)24-25(20,21)22/h7-10H,1-6,14H2,(H,20,21,22)/t7?,8-,9+,10-/m0/s1. The van der Waals surface area contributed by atoms with Crippen LogP contribution < -0.4 is 5.73 Å². The number of hydrogen-bond donors (Lipinski definition) is 2. The fourth-order valence-electron chi connectivity index (χ4n) is 3.88. The molecule has 3 aliphatic rings. The molecule has 1 aromatic rings. The van der Waals surface area contributed by atoms with Crippen LogP contribution in [0.2, 0.25) is 0 Å². The van der Waals surface area contributed by atoms with Crippen molar-refractivity contribution < 1.29 is 26.5 Å². The Morgan fingerprint density at radius 3 is 2.64 bits per heavy atom. The van der Waals surface area contributed by atoms with Gasteiger partial charge in [-0.1, -0.05) is 0 Å². The van der Waals surface area contributed by atoms with Gasteiger partial charge in [-0.3, -0.25) is 4.55 Å². The number of hydroxylamine groups is 2. The van der Waals surface area contributed by atoms with Crippen LogP contribution in [0.5, 0.6) is 0 Å². The van der Waals surface area contributed by atoms with Crippen molar-refractivity contribution in [2.75, 3.05) is 6.54 Å². The van der Waals surface area contributed by atoms with Gasteiger partial charge in [0.1, 0.15) is 6.04 Å². The number of rotatable bonds is 4. The van der Waals surface area contributed by atoms with Crippen LogP contribution in [0.3, 0.4) is 0 Å². The first-order chi connectivity index (χ1) is 11.8. The van der Waals surface area contributed by atoms with Gasteiger partial charge in [-0.15, -0.1) is 14.5 Å². The SMILES string of the molecule is N[C@H]1CCC(c2nnc([C@@H]3CC[C@@H]4CN3C(=O)N4OS(=O)(=O)O)o2)C1. The number of nitrogens with zero attached hydrogens (tertiary/aromatic N) is 4. The number of aromatic nitrogens is 2. The summed E-state index contributed by atoms with van der Waals surface area (Å²) < 4.78 is 40.9. The molecule has 2 bridgehead atoms. The van der Waals surface area contributed by atoms with E-state index >= 15 is 0 Å². The van der Waals surface area contributed by atoms with E-state index in [0.29, 0.717) is 29.7 Å². The van der Waals surface area contributed by atoms with Gasteiger partial charge in [0, 0.05) is 18.5 Å². The summed E-state index contributed by atoms with van der Waals surface area (Å²) in [7, 11) is -4.76. The highest BCUT2D eigenvalue weighted by Crippen LogP contribution is 2.40. The van der Waals surface area contributed by atoms with E-state index in [1.807, 2.05) is 0 Å². The molecular weight excluding hydrogens is 354 g/mol. The maximum absolute atomic E-state index is 12.4. The third kappa shape index (κ3) is 3.10. The van der Waals surface area contributed by atoms with E-state index in [9.17, 15) is 13.2 Å². The number of hydrogen-bond acceptors (Lipinski definition) is 8. The third-order valence-corrected chi connectivity index (χ3v) is 5.41. The molecule has 3 fully saturated rings. The molecule has 2 saturated heterocycles. The summed E-state index contributed by atoms with van der Waals surface area (Å²) in [6.07, 6.45) is 3.64. The van der Waals surface area contributed by atoms with Crippen LogP contribution in [0.1, 0.15) is 55.8 Å².